The molecule has 0 aliphatic carbocycles. The molecule has 0 amide bonds. The number of ether oxygens (including phenoxy) is 1. The molecule has 0 saturated carbocycles. The highest BCUT2D eigenvalue weighted by molar-refractivity contribution is 5.96. The van der Waals surface area contributed by atoms with Crippen LogP contribution in [0.3, 0.4) is 0 Å². The van der Waals surface area contributed by atoms with E-state index in [0.717, 1.165) is 60.4 Å². The van der Waals surface area contributed by atoms with Gasteiger partial charge in [0.25, 0.3) is 11.6 Å². The molecule has 2 heterocycles. The highest BCUT2D eigenvalue weighted by Crippen LogP contribution is 2.36. The average molecular weight is 450 g/mol. The molecule has 6 heteroatoms. The Morgan fingerprint density at radius 3 is 2.24 bits per heavy atom. The Morgan fingerprint density at radius 1 is 0.848 bits per heavy atom. The van der Waals surface area contributed by atoms with Crippen LogP contribution < -0.4 is 9.64 Å². The van der Waals surface area contributed by atoms with Gasteiger partial charge in [-0.1, -0.05) is 54.6 Å². The lowest BCUT2D eigenvalue weighted by Crippen LogP contribution is -2.41. The van der Waals surface area contributed by atoms with E-state index in [9.17, 15) is 13.9 Å². The summed E-state index contributed by atoms with van der Waals surface area (Å²) in [7, 11) is 0. The van der Waals surface area contributed by atoms with Crippen molar-refractivity contribution in [1.29, 1.82) is 0 Å². The first-order valence-electron chi connectivity index (χ1n) is 11.4. The monoisotopic (exact) mass is 449 g/mol. The third kappa shape index (κ3) is 4.23. The van der Waals surface area contributed by atoms with Gasteiger partial charge in [-0.15, -0.1) is 0 Å². The van der Waals surface area contributed by atoms with E-state index in [0.29, 0.717) is 6.54 Å². The maximum absolute atomic E-state index is 12.5. The number of anilines is 1. The predicted octanol–water partition coefficient (Wildman–Crippen LogP) is 5.61. The normalized spacial score (nSPS) is 20.7. The van der Waals surface area contributed by atoms with Crippen LogP contribution in [-0.2, 0) is 5.72 Å². The maximum atomic E-state index is 12.5. The molecule has 0 bridgehead atoms. The largest absolute Gasteiger partial charge is 0.435 e. The van der Waals surface area contributed by atoms with E-state index in [1.54, 1.807) is 24.3 Å². The summed E-state index contributed by atoms with van der Waals surface area (Å²) in [5, 5.41) is 12.0. The van der Waals surface area contributed by atoms with E-state index in [1.165, 1.54) is 0 Å². The lowest BCUT2D eigenvalue weighted by molar-refractivity contribution is -0.658. The fraction of sp³-hybridized carbons (Fsp3) is 0.296. The van der Waals surface area contributed by atoms with Crippen molar-refractivity contribution in [3.8, 4) is 16.9 Å². The van der Waals surface area contributed by atoms with E-state index < -0.39 is 12.3 Å². The number of nitrogens with zero attached hydrogens (tertiary/aromatic N) is 2. The molecule has 170 valence electrons. The van der Waals surface area contributed by atoms with Crippen molar-refractivity contribution in [2.24, 2.45) is 0 Å². The Hall–Kier alpha value is -3.25. The van der Waals surface area contributed by atoms with Crippen molar-refractivity contribution >= 4 is 11.5 Å². The molecule has 4 nitrogen and oxygen atoms in total. The summed E-state index contributed by atoms with van der Waals surface area (Å²) in [6.07, 6.45) is 4.04. The van der Waals surface area contributed by atoms with E-state index in [1.807, 2.05) is 30.3 Å². The van der Waals surface area contributed by atoms with Crippen molar-refractivity contribution in [1.82, 2.24) is 0 Å². The molecule has 0 radical (unpaired) electrons. The molecule has 2 aliphatic rings. The second-order valence-corrected chi connectivity index (χ2v) is 8.60. The summed E-state index contributed by atoms with van der Waals surface area (Å²) < 4.78 is 31.7. The van der Waals surface area contributed by atoms with Gasteiger partial charge in [-0.2, -0.15) is 8.78 Å². The zero-order valence-electron chi connectivity index (χ0n) is 18.3. The van der Waals surface area contributed by atoms with Crippen molar-refractivity contribution in [3.63, 3.8) is 0 Å². The van der Waals surface area contributed by atoms with Crippen LogP contribution in [0.1, 0.15) is 31.2 Å². The van der Waals surface area contributed by atoms with Crippen LogP contribution in [0.25, 0.3) is 11.1 Å². The first-order chi connectivity index (χ1) is 16.0. The molecule has 1 unspecified atom stereocenters. The SMILES string of the molecule is OC1(c2ccc(-c3ccccc3)cc2)CN(c2ccc(OC(F)F)cc2)C2=[N+]1CCCCC2. The van der Waals surface area contributed by atoms with Gasteiger partial charge in [0.15, 0.2) is 6.54 Å². The number of β-amino-alcohol motifs (C(OH)–C–C–N with tert-alkyl or cyclic N) is 1. The van der Waals surface area contributed by atoms with Crippen LogP contribution in [0.15, 0.2) is 78.9 Å². The summed E-state index contributed by atoms with van der Waals surface area (Å²) in [4.78, 5) is 2.11. The molecule has 0 saturated heterocycles. The van der Waals surface area contributed by atoms with E-state index in [-0.39, 0.29) is 5.75 Å². The Morgan fingerprint density at radius 2 is 1.55 bits per heavy atom. The maximum Gasteiger partial charge on any atom is 0.387 e. The molecular formula is C27H27F2N2O2+. The third-order valence-corrected chi connectivity index (χ3v) is 6.56. The molecular weight excluding hydrogens is 422 g/mol. The van der Waals surface area contributed by atoms with Gasteiger partial charge in [-0.05, 0) is 54.7 Å². The zero-order valence-corrected chi connectivity index (χ0v) is 18.3. The van der Waals surface area contributed by atoms with Gasteiger partial charge in [0.2, 0.25) is 0 Å². The second-order valence-electron chi connectivity index (χ2n) is 8.60. The van der Waals surface area contributed by atoms with Crippen LogP contribution in [0.5, 0.6) is 5.75 Å². The Bertz CT molecular complexity index is 1130. The summed E-state index contributed by atoms with van der Waals surface area (Å²) in [5.74, 6) is 1.20. The van der Waals surface area contributed by atoms with Crippen LogP contribution in [-0.4, -0.2) is 35.2 Å². The first kappa shape index (κ1) is 21.6. The molecule has 0 spiro atoms. The second kappa shape index (κ2) is 8.94. The number of benzene rings is 3. The Labute approximate surface area is 192 Å². The van der Waals surface area contributed by atoms with Gasteiger partial charge in [0, 0.05) is 12.0 Å². The number of hydrogen-bond donors (Lipinski definition) is 1. The van der Waals surface area contributed by atoms with E-state index in [2.05, 4.69) is 38.5 Å². The summed E-state index contributed by atoms with van der Waals surface area (Å²) in [6.45, 7) is -1.70. The third-order valence-electron chi connectivity index (χ3n) is 6.56. The quantitative estimate of drug-likeness (QED) is 0.515. The van der Waals surface area contributed by atoms with Crippen LogP contribution >= 0.6 is 0 Å². The average Bonchev–Trinajstić information content (AvgIpc) is 2.98. The van der Waals surface area contributed by atoms with Crippen LogP contribution in [0, 0.1) is 0 Å². The Kier molecular flexibility index (Phi) is 5.85. The summed E-state index contributed by atoms with van der Waals surface area (Å²) in [6, 6.07) is 25.0. The molecule has 3 aromatic carbocycles. The molecule has 3 aromatic rings. The number of halogens is 2. The lowest BCUT2D eigenvalue weighted by atomic mass is 9.98. The van der Waals surface area contributed by atoms with Gasteiger partial charge in [-0.25, -0.2) is 9.48 Å². The van der Waals surface area contributed by atoms with Gasteiger partial charge in [-0.3, -0.25) is 0 Å². The van der Waals surface area contributed by atoms with E-state index >= 15 is 0 Å². The molecule has 2 aliphatic heterocycles. The number of hydrogen-bond acceptors (Lipinski definition) is 3. The molecule has 0 aromatic heterocycles. The molecule has 0 fully saturated rings. The van der Waals surface area contributed by atoms with Crippen molar-refractivity contribution in [2.75, 3.05) is 18.0 Å². The number of aliphatic hydroxyl groups is 1. The fourth-order valence-electron chi connectivity index (χ4n) is 4.93. The minimum atomic E-state index is -2.85. The van der Waals surface area contributed by atoms with Crippen LogP contribution in [0.2, 0.25) is 0 Å². The molecule has 1 N–H and O–H groups in total. The molecule has 1 atom stereocenters. The van der Waals surface area contributed by atoms with Gasteiger partial charge in [0.1, 0.15) is 11.4 Å². The summed E-state index contributed by atoms with van der Waals surface area (Å²) >= 11 is 0. The van der Waals surface area contributed by atoms with Crippen molar-refractivity contribution in [2.45, 2.75) is 38.0 Å². The summed E-state index contributed by atoms with van der Waals surface area (Å²) in [5.41, 5.74) is 2.79. The predicted molar refractivity (Wildman–Crippen MR) is 125 cm³/mol. The highest BCUT2D eigenvalue weighted by Gasteiger charge is 2.51. The van der Waals surface area contributed by atoms with Gasteiger partial charge >= 0.3 is 6.61 Å². The number of amidine groups is 1. The zero-order chi connectivity index (χ0) is 22.8. The highest BCUT2D eigenvalue weighted by atomic mass is 19.3. The van der Waals surface area contributed by atoms with Crippen molar-refractivity contribution in [3.05, 3.63) is 84.4 Å². The smallest absolute Gasteiger partial charge is 0.387 e. The number of alkyl halides is 2. The van der Waals surface area contributed by atoms with E-state index in [4.69, 9.17) is 0 Å². The van der Waals surface area contributed by atoms with Crippen LogP contribution in [0.4, 0.5) is 14.5 Å². The standard InChI is InChI=1S/C27H27F2N2O2/c28-26(29)33-24-16-14-23(15-17-24)30-19-27(32,31-18-6-2-5-9-25(30)31)22-12-10-21(11-13-22)20-7-3-1-4-8-20/h1,3-4,7-8,10-17,26,32H,2,5-6,9,18-19H2/q+1. The van der Waals surface area contributed by atoms with Gasteiger partial charge < -0.3 is 9.84 Å². The van der Waals surface area contributed by atoms with Crippen molar-refractivity contribution < 1.29 is 23.2 Å². The molecule has 5 rings (SSSR count). The Balaban J connectivity index is 1.48. The minimum absolute atomic E-state index is 0.127. The number of rotatable bonds is 5. The fourth-order valence-corrected chi connectivity index (χ4v) is 4.93. The first-order valence-corrected chi connectivity index (χ1v) is 11.4. The topological polar surface area (TPSA) is 35.7 Å². The molecule has 33 heavy (non-hydrogen) atoms. The lowest BCUT2D eigenvalue weighted by Gasteiger charge is -2.24. The van der Waals surface area contributed by atoms with Gasteiger partial charge in [0.05, 0.1) is 6.54 Å². The minimum Gasteiger partial charge on any atom is -0.435 e.